The maximum atomic E-state index is 8.51. The van der Waals surface area contributed by atoms with Crippen molar-refractivity contribution in [3.63, 3.8) is 0 Å². The number of rotatable bonds is 4. The molecule has 0 N–H and O–H groups in total. The van der Waals surface area contributed by atoms with Crippen molar-refractivity contribution in [3.05, 3.63) is 18.1 Å². The van der Waals surface area contributed by atoms with E-state index in [1.54, 1.807) is 18.0 Å². The van der Waals surface area contributed by atoms with E-state index in [0.717, 1.165) is 10.8 Å². The fourth-order valence-electron chi connectivity index (χ4n) is 0.721. The summed E-state index contributed by atoms with van der Waals surface area (Å²) in [6, 6.07) is 1.93. The Morgan fingerprint density at radius 2 is 2.36 bits per heavy atom. The van der Waals surface area contributed by atoms with Gasteiger partial charge in [-0.25, -0.2) is 9.97 Å². The minimum Gasteiger partial charge on any atom is -0.245 e. The van der Waals surface area contributed by atoms with Crippen LogP contribution in [0.1, 0.15) is 12.6 Å². The van der Waals surface area contributed by atoms with Crippen molar-refractivity contribution in [1.29, 1.82) is 5.26 Å². The van der Waals surface area contributed by atoms with E-state index < -0.39 is 0 Å². The van der Waals surface area contributed by atoms with Crippen molar-refractivity contribution in [2.24, 2.45) is 5.92 Å². The molecule has 0 aliphatic rings. The molecule has 0 aromatic carbocycles. The van der Waals surface area contributed by atoms with E-state index in [-0.39, 0.29) is 0 Å². The molecule has 0 spiro atoms. The molecule has 14 heavy (non-hydrogen) atoms. The zero-order chi connectivity index (χ0) is 10.4. The first-order chi connectivity index (χ1) is 6.76. The quantitative estimate of drug-likeness (QED) is 0.585. The molecule has 0 fully saturated rings. The van der Waals surface area contributed by atoms with Crippen molar-refractivity contribution >= 4 is 23.4 Å². The smallest absolute Gasteiger partial charge is 0.158 e. The van der Waals surface area contributed by atoms with Gasteiger partial charge in [-0.15, -0.1) is 23.4 Å². The number of hydrogen-bond donors (Lipinski definition) is 0. The molecule has 0 amide bonds. The highest BCUT2D eigenvalue weighted by Gasteiger charge is 2.02. The van der Waals surface area contributed by atoms with Gasteiger partial charge in [-0.1, -0.05) is 6.92 Å². The Morgan fingerprint density at radius 1 is 1.57 bits per heavy atom. The number of aromatic nitrogens is 2. The minimum atomic E-state index is 0.347. The van der Waals surface area contributed by atoms with Crippen LogP contribution in [-0.4, -0.2) is 21.6 Å². The summed E-state index contributed by atoms with van der Waals surface area (Å²) in [5, 5.41) is 9.34. The maximum Gasteiger partial charge on any atom is 0.158 e. The summed E-state index contributed by atoms with van der Waals surface area (Å²) in [4.78, 5) is 8.01. The molecular weight excluding hydrogens is 218 g/mol. The van der Waals surface area contributed by atoms with Gasteiger partial charge >= 0.3 is 0 Å². The zero-order valence-electron chi connectivity index (χ0n) is 7.77. The third kappa shape index (κ3) is 3.52. The molecule has 1 aromatic rings. The van der Waals surface area contributed by atoms with Crippen molar-refractivity contribution in [2.75, 3.05) is 11.6 Å². The maximum absolute atomic E-state index is 8.51. The van der Waals surface area contributed by atoms with Crippen molar-refractivity contribution in [1.82, 2.24) is 9.97 Å². The molecule has 3 nitrogen and oxygen atoms in total. The molecule has 74 valence electrons. The lowest BCUT2D eigenvalue weighted by atomic mass is 10.3. The Hall–Kier alpha value is -0.790. The third-order valence-electron chi connectivity index (χ3n) is 1.52. The second-order valence-corrected chi connectivity index (χ2v) is 4.27. The molecule has 0 saturated carbocycles. The van der Waals surface area contributed by atoms with Crippen molar-refractivity contribution in [3.8, 4) is 6.07 Å². The Balaban J connectivity index is 2.49. The van der Waals surface area contributed by atoms with E-state index in [9.17, 15) is 0 Å². The highest BCUT2D eigenvalue weighted by molar-refractivity contribution is 7.99. The summed E-state index contributed by atoms with van der Waals surface area (Å²) in [5.74, 6) is 2.03. The van der Waals surface area contributed by atoms with Crippen LogP contribution in [0.25, 0.3) is 0 Å². The standard InChI is InChI=1S/C9H10ClN3S/c1-7(2-10)6-14-9-5-12-8(3-11)4-13-9/h4-5,7H,2,6H2,1H3. The summed E-state index contributed by atoms with van der Waals surface area (Å²) in [7, 11) is 0. The van der Waals surface area contributed by atoms with Gasteiger partial charge in [0.15, 0.2) is 5.69 Å². The number of hydrogen-bond acceptors (Lipinski definition) is 4. The molecule has 0 aliphatic heterocycles. The molecule has 5 heteroatoms. The zero-order valence-corrected chi connectivity index (χ0v) is 9.35. The lowest BCUT2D eigenvalue weighted by Crippen LogP contribution is -1.99. The Bertz CT molecular complexity index is 320. The molecule has 0 saturated heterocycles. The van der Waals surface area contributed by atoms with Gasteiger partial charge < -0.3 is 0 Å². The Kier molecular flexibility index (Phi) is 4.71. The lowest BCUT2D eigenvalue weighted by Gasteiger charge is -2.04. The van der Waals surface area contributed by atoms with E-state index in [2.05, 4.69) is 16.9 Å². The molecule has 0 radical (unpaired) electrons. The molecule has 1 heterocycles. The molecule has 1 rings (SSSR count). The van der Waals surface area contributed by atoms with Crippen LogP contribution in [0, 0.1) is 17.2 Å². The summed E-state index contributed by atoms with van der Waals surface area (Å²) >= 11 is 7.28. The Morgan fingerprint density at radius 3 is 2.86 bits per heavy atom. The van der Waals surface area contributed by atoms with E-state index >= 15 is 0 Å². The third-order valence-corrected chi connectivity index (χ3v) is 3.29. The number of thioether (sulfide) groups is 1. The van der Waals surface area contributed by atoms with Gasteiger partial charge in [-0.3, -0.25) is 0 Å². The number of nitrogens with zero attached hydrogens (tertiary/aromatic N) is 3. The Labute approximate surface area is 92.5 Å². The topological polar surface area (TPSA) is 49.6 Å². The largest absolute Gasteiger partial charge is 0.245 e. The van der Waals surface area contributed by atoms with Crippen LogP contribution < -0.4 is 0 Å². The van der Waals surface area contributed by atoms with Crippen LogP contribution in [0.4, 0.5) is 0 Å². The van der Waals surface area contributed by atoms with Gasteiger partial charge in [-0.05, 0) is 5.92 Å². The van der Waals surface area contributed by atoms with E-state index in [1.807, 2.05) is 6.07 Å². The first-order valence-electron chi connectivity index (χ1n) is 4.17. The molecule has 1 unspecified atom stereocenters. The van der Waals surface area contributed by atoms with Crippen LogP contribution in [0.2, 0.25) is 0 Å². The SMILES string of the molecule is CC(CCl)CSc1cnc(C#N)cn1. The van der Waals surface area contributed by atoms with Crippen LogP contribution in [0.5, 0.6) is 0 Å². The fourth-order valence-corrected chi connectivity index (χ4v) is 1.79. The molecule has 0 bridgehead atoms. The first kappa shape index (κ1) is 11.3. The normalized spacial score (nSPS) is 12.1. The number of alkyl halides is 1. The summed E-state index contributed by atoms with van der Waals surface area (Å²) in [6.07, 6.45) is 3.10. The predicted octanol–water partition coefficient (Wildman–Crippen LogP) is 2.32. The minimum absolute atomic E-state index is 0.347. The van der Waals surface area contributed by atoms with Gasteiger partial charge in [-0.2, -0.15) is 5.26 Å². The van der Waals surface area contributed by atoms with Crippen LogP contribution in [0.3, 0.4) is 0 Å². The van der Waals surface area contributed by atoms with E-state index in [4.69, 9.17) is 16.9 Å². The van der Waals surface area contributed by atoms with Gasteiger partial charge in [0.25, 0.3) is 0 Å². The monoisotopic (exact) mass is 227 g/mol. The second-order valence-electron chi connectivity index (χ2n) is 2.92. The summed E-state index contributed by atoms with van der Waals surface area (Å²) in [6.45, 7) is 2.08. The van der Waals surface area contributed by atoms with Gasteiger partial charge in [0.2, 0.25) is 0 Å². The average molecular weight is 228 g/mol. The molecular formula is C9H10ClN3S. The van der Waals surface area contributed by atoms with Crippen LogP contribution in [0.15, 0.2) is 17.4 Å². The predicted molar refractivity (Wildman–Crippen MR) is 57.4 cm³/mol. The van der Waals surface area contributed by atoms with Crippen LogP contribution >= 0.6 is 23.4 Å². The van der Waals surface area contributed by atoms with Gasteiger partial charge in [0.05, 0.1) is 12.4 Å². The molecule has 1 aromatic heterocycles. The van der Waals surface area contributed by atoms with Crippen molar-refractivity contribution < 1.29 is 0 Å². The lowest BCUT2D eigenvalue weighted by molar-refractivity contribution is 0.758. The number of halogens is 1. The first-order valence-corrected chi connectivity index (χ1v) is 5.69. The van der Waals surface area contributed by atoms with E-state index in [1.165, 1.54) is 6.20 Å². The van der Waals surface area contributed by atoms with Gasteiger partial charge in [0.1, 0.15) is 11.1 Å². The highest BCUT2D eigenvalue weighted by Crippen LogP contribution is 2.17. The van der Waals surface area contributed by atoms with E-state index in [0.29, 0.717) is 17.5 Å². The van der Waals surface area contributed by atoms with Gasteiger partial charge in [0, 0.05) is 11.6 Å². The van der Waals surface area contributed by atoms with Crippen LogP contribution in [-0.2, 0) is 0 Å². The summed E-state index contributed by atoms with van der Waals surface area (Å²) in [5.41, 5.74) is 0.347. The molecule has 0 aliphatic carbocycles. The molecule has 1 atom stereocenters. The summed E-state index contributed by atoms with van der Waals surface area (Å²) < 4.78 is 0. The average Bonchev–Trinajstić information content (AvgIpc) is 2.26. The fraction of sp³-hybridized carbons (Fsp3) is 0.444. The number of nitriles is 1. The second kappa shape index (κ2) is 5.84. The van der Waals surface area contributed by atoms with Crippen molar-refractivity contribution in [2.45, 2.75) is 11.9 Å². The highest BCUT2D eigenvalue weighted by atomic mass is 35.5.